The van der Waals surface area contributed by atoms with E-state index in [9.17, 15) is 0 Å². The van der Waals surface area contributed by atoms with Gasteiger partial charge in [0.15, 0.2) is 0 Å². The summed E-state index contributed by atoms with van der Waals surface area (Å²) in [7, 11) is 0. The molecule has 0 aromatic carbocycles. The Bertz CT molecular complexity index is 337. The summed E-state index contributed by atoms with van der Waals surface area (Å²) in [5, 5.41) is 3.59. The molecule has 1 heterocycles. The molecule has 1 aliphatic carbocycles. The zero-order valence-electron chi connectivity index (χ0n) is 11.3. The van der Waals surface area contributed by atoms with E-state index in [2.05, 4.69) is 41.8 Å². The predicted octanol–water partition coefficient (Wildman–Crippen LogP) is 3.53. The van der Waals surface area contributed by atoms with Crippen LogP contribution in [0.1, 0.15) is 46.5 Å². The summed E-state index contributed by atoms with van der Waals surface area (Å²) in [6.45, 7) is 7.82. The smallest absolute Gasteiger partial charge is 0.202 e. The molecule has 1 N–H and O–H groups in total. The molecule has 0 saturated heterocycles. The van der Waals surface area contributed by atoms with Crippen molar-refractivity contribution in [3.63, 3.8) is 0 Å². The van der Waals surface area contributed by atoms with Gasteiger partial charge in [0.05, 0.1) is 0 Å². The van der Waals surface area contributed by atoms with Gasteiger partial charge in [0.2, 0.25) is 5.95 Å². The fourth-order valence-corrected chi connectivity index (χ4v) is 2.77. The second-order valence-electron chi connectivity index (χ2n) is 5.77. The van der Waals surface area contributed by atoms with Gasteiger partial charge in [0.1, 0.15) is 0 Å². The highest BCUT2D eigenvalue weighted by Gasteiger charge is 2.22. The SMILES string of the molecule is CC(C)Cn1ccnc1NC(C)C1CCCC1. The third-order valence-electron chi connectivity index (χ3n) is 3.74. The van der Waals surface area contributed by atoms with Gasteiger partial charge < -0.3 is 9.88 Å². The van der Waals surface area contributed by atoms with Crippen LogP contribution in [0.2, 0.25) is 0 Å². The third-order valence-corrected chi connectivity index (χ3v) is 3.74. The lowest BCUT2D eigenvalue weighted by Gasteiger charge is -2.22. The third kappa shape index (κ3) is 3.24. The van der Waals surface area contributed by atoms with Gasteiger partial charge in [-0.2, -0.15) is 0 Å². The van der Waals surface area contributed by atoms with Crippen LogP contribution in [0.15, 0.2) is 12.4 Å². The molecule has 3 nitrogen and oxygen atoms in total. The van der Waals surface area contributed by atoms with Crippen molar-refractivity contribution in [1.29, 1.82) is 0 Å². The first kappa shape index (κ1) is 12.5. The highest BCUT2D eigenvalue weighted by atomic mass is 15.2. The van der Waals surface area contributed by atoms with E-state index in [4.69, 9.17) is 0 Å². The second-order valence-corrected chi connectivity index (χ2v) is 5.77. The second kappa shape index (κ2) is 5.56. The van der Waals surface area contributed by atoms with E-state index in [-0.39, 0.29) is 0 Å². The summed E-state index contributed by atoms with van der Waals surface area (Å²) in [4.78, 5) is 4.43. The number of nitrogens with zero attached hydrogens (tertiary/aromatic N) is 2. The molecule has 17 heavy (non-hydrogen) atoms. The number of aromatic nitrogens is 2. The number of hydrogen-bond acceptors (Lipinski definition) is 2. The lowest BCUT2D eigenvalue weighted by molar-refractivity contribution is 0.471. The van der Waals surface area contributed by atoms with Crippen LogP contribution >= 0.6 is 0 Å². The molecule has 1 saturated carbocycles. The molecular weight excluding hydrogens is 210 g/mol. The van der Waals surface area contributed by atoms with Crippen LogP contribution in [0.5, 0.6) is 0 Å². The number of imidazole rings is 1. The van der Waals surface area contributed by atoms with E-state index < -0.39 is 0 Å². The largest absolute Gasteiger partial charge is 0.353 e. The minimum absolute atomic E-state index is 0.547. The Labute approximate surface area is 105 Å². The minimum Gasteiger partial charge on any atom is -0.353 e. The summed E-state index contributed by atoms with van der Waals surface area (Å²) < 4.78 is 2.23. The Balaban J connectivity index is 1.95. The minimum atomic E-state index is 0.547. The van der Waals surface area contributed by atoms with Crippen molar-refractivity contribution >= 4 is 5.95 Å². The van der Waals surface area contributed by atoms with Crippen molar-refractivity contribution in [2.24, 2.45) is 11.8 Å². The van der Waals surface area contributed by atoms with Gasteiger partial charge in [-0.25, -0.2) is 4.98 Å². The standard InChI is InChI=1S/C14H25N3/c1-11(2)10-17-9-8-15-14(17)16-12(3)13-6-4-5-7-13/h8-9,11-13H,4-7,10H2,1-3H3,(H,15,16). The van der Waals surface area contributed by atoms with Crippen LogP contribution in [0.3, 0.4) is 0 Å². The highest BCUT2D eigenvalue weighted by molar-refractivity contribution is 5.27. The molecule has 2 rings (SSSR count). The molecule has 0 aliphatic heterocycles. The molecule has 1 unspecified atom stereocenters. The zero-order chi connectivity index (χ0) is 12.3. The summed E-state index contributed by atoms with van der Waals surface area (Å²) >= 11 is 0. The molecule has 1 aliphatic rings. The molecule has 0 spiro atoms. The lowest BCUT2D eigenvalue weighted by atomic mass is 10.0. The maximum absolute atomic E-state index is 4.43. The molecule has 0 bridgehead atoms. The van der Waals surface area contributed by atoms with Crippen molar-refractivity contribution in [3.05, 3.63) is 12.4 Å². The molecule has 1 aromatic rings. The fourth-order valence-electron chi connectivity index (χ4n) is 2.77. The quantitative estimate of drug-likeness (QED) is 0.846. The van der Waals surface area contributed by atoms with Crippen molar-refractivity contribution in [1.82, 2.24) is 9.55 Å². The number of nitrogens with one attached hydrogen (secondary N) is 1. The van der Waals surface area contributed by atoms with Gasteiger partial charge in [0.25, 0.3) is 0 Å². The van der Waals surface area contributed by atoms with E-state index >= 15 is 0 Å². The molecular formula is C14H25N3. The Morgan fingerprint density at radius 2 is 2.06 bits per heavy atom. The van der Waals surface area contributed by atoms with Crippen molar-refractivity contribution < 1.29 is 0 Å². The summed E-state index contributed by atoms with van der Waals surface area (Å²) in [5.74, 6) is 2.53. The first-order valence-corrected chi connectivity index (χ1v) is 6.94. The number of rotatable bonds is 5. The van der Waals surface area contributed by atoms with Crippen molar-refractivity contribution in [2.75, 3.05) is 5.32 Å². The van der Waals surface area contributed by atoms with Crippen molar-refractivity contribution in [3.8, 4) is 0 Å². The molecule has 96 valence electrons. The average Bonchev–Trinajstić information content (AvgIpc) is 2.89. The van der Waals surface area contributed by atoms with Crippen LogP contribution < -0.4 is 5.32 Å². The molecule has 1 aromatic heterocycles. The molecule has 0 radical (unpaired) electrons. The number of hydrogen-bond donors (Lipinski definition) is 1. The summed E-state index contributed by atoms with van der Waals surface area (Å²) in [6.07, 6.45) is 9.52. The van der Waals surface area contributed by atoms with Gasteiger partial charge in [-0.15, -0.1) is 0 Å². The number of anilines is 1. The van der Waals surface area contributed by atoms with Crippen LogP contribution in [0.4, 0.5) is 5.95 Å². The van der Waals surface area contributed by atoms with E-state index in [1.807, 2.05) is 6.20 Å². The Kier molecular flexibility index (Phi) is 4.08. The molecule has 1 atom stereocenters. The predicted molar refractivity (Wildman–Crippen MR) is 72.1 cm³/mol. The normalized spacial score (nSPS) is 18.8. The Hall–Kier alpha value is -0.990. The lowest BCUT2D eigenvalue weighted by Crippen LogP contribution is -2.26. The van der Waals surface area contributed by atoms with Gasteiger partial charge in [-0.3, -0.25) is 0 Å². The van der Waals surface area contributed by atoms with Gasteiger partial charge in [0, 0.05) is 25.0 Å². The van der Waals surface area contributed by atoms with Crippen LogP contribution in [-0.4, -0.2) is 15.6 Å². The topological polar surface area (TPSA) is 29.9 Å². The summed E-state index contributed by atoms with van der Waals surface area (Å²) in [5.41, 5.74) is 0. The zero-order valence-corrected chi connectivity index (χ0v) is 11.3. The van der Waals surface area contributed by atoms with E-state index in [1.165, 1.54) is 25.7 Å². The Morgan fingerprint density at radius 1 is 1.35 bits per heavy atom. The van der Waals surface area contributed by atoms with E-state index in [0.717, 1.165) is 18.4 Å². The van der Waals surface area contributed by atoms with Gasteiger partial charge in [-0.05, 0) is 31.6 Å². The van der Waals surface area contributed by atoms with Gasteiger partial charge >= 0.3 is 0 Å². The van der Waals surface area contributed by atoms with E-state index in [0.29, 0.717) is 12.0 Å². The van der Waals surface area contributed by atoms with Gasteiger partial charge in [-0.1, -0.05) is 26.7 Å². The average molecular weight is 235 g/mol. The summed E-state index contributed by atoms with van der Waals surface area (Å²) in [6, 6.07) is 0.547. The molecule has 0 amide bonds. The maximum atomic E-state index is 4.43. The van der Waals surface area contributed by atoms with Crippen LogP contribution in [0, 0.1) is 11.8 Å². The first-order chi connectivity index (χ1) is 8.16. The van der Waals surface area contributed by atoms with E-state index in [1.54, 1.807) is 0 Å². The maximum Gasteiger partial charge on any atom is 0.202 e. The molecule has 3 heteroatoms. The molecule has 1 fully saturated rings. The van der Waals surface area contributed by atoms with Crippen LogP contribution in [-0.2, 0) is 6.54 Å². The highest BCUT2D eigenvalue weighted by Crippen LogP contribution is 2.29. The first-order valence-electron chi connectivity index (χ1n) is 6.94. The van der Waals surface area contributed by atoms with Crippen molar-refractivity contribution in [2.45, 2.75) is 59.0 Å². The van der Waals surface area contributed by atoms with Crippen LogP contribution in [0.25, 0.3) is 0 Å². The fraction of sp³-hybridized carbons (Fsp3) is 0.786. The Morgan fingerprint density at radius 3 is 2.71 bits per heavy atom. The monoisotopic (exact) mass is 235 g/mol.